The van der Waals surface area contributed by atoms with Gasteiger partial charge in [-0.25, -0.2) is 8.42 Å². The van der Waals surface area contributed by atoms with E-state index in [0.29, 0.717) is 0 Å². The Bertz CT molecular complexity index is 487. The van der Waals surface area contributed by atoms with E-state index in [0.717, 1.165) is 6.26 Å². The highest BCUT2D eigenvalue weighted by Gasteiger charge is 2.28. The van der Waals surface area contributed by atoms with E-state index in [2.05, 4.69) is 4.98 Å². The standard InChI is InChI=1S/C6H9N3O4S/c1-4-5(9(10)11)7-6(8(4)2)14(3,12)13/h1-3H3. The lowest BCUT2D eigenvalue weighted by Crippen LogP contribution is -2.06. The average Bonchev–Trinajstić information content (AvgIpc) is 2.28. The third-order valence-electron chi connectivity index (χ3n) is 1.82. The van der Waals surface area contributed by atoms with Gasteiger partial charge in [-0.15, -0.1) is 0 Å². The van der Waals surface area contributed by atoms with Crippen molar-refractivity contribution in [3.63, 3.8) is 0 Å². The first kappa shape index (κ1) is 10.6. The molecule has 0 spiro atoms. The third kappa shape index (κ3) is 1.60. The SMILES string of the molecule is Cc1c([N+](=O)[O-])nc(S(C)(=O)=O)n1C. The zero-order valence-electron chi connectivity index (χ0n) is 7.88. The van der Waals surface area contributed by atoms with Crippen LogP contribution in [0.5, 0.6) is 0 Å². The van der Waals surface area contributed by atoms with Crippen molar-refractivity contribution in [2.45, 2.75) is 12.1 Å². The quantitative estimate of drug-likeness (QED) is 0.517. The number of sulfone groups is 1. The van der Waals surface area contributed by atoms with E-state index in [1.807, 2.05) is 0 Å². The van der Waals surface area contributed by atoms with Gasteiger partial charge in [-0.05, 0) is 16.8 Å². The van der Waals surface area contributed by atoms with Crippen molar-refractivity contribution in [2.24, 2.45) is 7.05 Å². The maximum atomic E-state index is 11.1. The average molecular weight is 219 g/mol. The van der Waals surface area contributed by atoms with E-state index in [4.69, 9.17) is 0 Å². The second-order valence-corrected chi connectivity index (χ2v) is 4.80. The summed E-state index contributed by atoms with van der Waals surface area (Å²) < 4.78 is 23.5. The molecule has 0 aliphatic heterocycles. The molecule has 0 aliphatic carbocycles. The molecule has 0 unspecified atom stereocenters. The van der Waals surface area contributed by atoms with Crippen LogP contribution in [0.1, 0.15) is 5.69 Å². The molecule has 0 saturated carbocycles. The fourth-order valence-corrected chi connectivity index (χ4v) is 1.93. The Hall–Kier alpha value is -1.44. The van der Waals surface area contributed by atoms with Crippen molar-refractivity contribution in [1.82, 2.24) is 9.55 Å². The Balaban J connectivity index is 3.52. The van der Waals surface area contributed by atoms with Gasteiger partial charge in [-0.2, -0.15) is 0 Å². The molecule has 0 amide bonds. The summed E-state index contributed by atoms with van der Waals surface area (Å²) in [5.41, 5.74) is 0.218. The highest BCUT2D eigenvalue weighted by atomic mass is 32.2. The number of aromatic nitrogens is 2. The number of hydrogen-bond donors (Lipinski definition) is 0. The molecule has 0 radical (unpaired) electrons. The van der Waals surface area contributed by atoms with Gasteiger partial charge in [0.25, 0.3) is 0 Å². The highest BCUT2D eigenvalue weighted by Crippen LogP contribution is 2.19. The molecule has 0 N–H and O–H groups in total. The van der Waals surface area contributed by atoms with Crippen LogP contribution in [0.3, 0.4) is 0 Å². The van der Waals surface area contributed by atoms with Crippen LogP contribution in [0, 0.1) is 17.0 Å². The Morgan fingerprint density at radius 2 is 2.00 bits per heavy atom. The van der Waals surface area contributed by atoms with Crippen LogP contribution < -0.4 is 0 Å². The topological polar surface area (TPSA) is 95.1 Å². The summed E-state index contributed by atoms with van der Waals surface area (Å²) in [7, 11) is -2.10. The van der Waals surface area contributed by atoms with Crippen molar-refractivity contribution in [3.8, 4) is 0 Å². The van der Waals surface area contributed by atoms with Crippen LogP contribution in [-0.4, -0.2) is 29.1 Å². The largest absolute Gasteiger partial charge is 0.386 e. The molecule has 1 rings (SSSR count). The number of rotatable bonds is 2. The lowest BCUT2D eigenvalue weighted by molar-refractivity contribution is -0.390. The fraction of sp³-hybridized carbons (Fsp3) is 0.500. The summed E-state index contributed by atoms with van der Waals surface area (Å²) in [4.78, 5) is 13.2. The van der Waals surface area contributed by atoms with Crippen LogP contribution in [-0.2, 0) is 16.9 Å². The van der Waals surface area contributed by atoms with Gasteiger partial charge >= 0.3 is 11.0 Å². The molecule has 0 aromatic carbocycles. The molecule has 0 fully saturated rings. The fourth-order valence-electron chi connectivity index (χ4n) is 1.04. The number of imidazole rings is 1. The molecule has 14 heavy (non-hydrogen) atoms. The van der Waals surface area contributed by atoms with Crippen molar-refractivity contribution in [1.29, 1.82) is 0 Å². The van der Waals surface area contributed by atoms with Gasteiger partial charge in [0.1, 0.15) is 5.69 Å². The molecule has 1 aromatic heterocycles. The summed E-state index contributed by atoms with van der Waals surface area (Å²) in [6.45, 7) is 1.44. The first-order chi connectivity index (χ1) is 6.25. The molecular formula is C6H9N3O4S. The van der Waals surface area contributed by atoms with Crippen LogP contribution >= 0.6 is 0 Å². The van der Waals surface area contributed by atoms with E-state index in [1.165, 1.54) is 18.5 Å². The van der Waals surface area contributed by atoms with Gasteiger partial charge in [0.2, 0.25) is 9.84 Å². The molecule has 1 heterocycles. The van der Waals surface area contributed by atoms with Gasteiger partial charge in [0.05, 0.1) is 0 Å². The van der Waals surface area contributed by atoms with Crippen molar-refractivity contribution < 1.29 is 13.3 Å². The normalized spacial score (nSPS) is 11.6. The second kappa shape index (κ2) is 3.05. The number of hydrogen-bond acceptors (Lipinski definition) is 5. The third-order valence-corrected chi connectivity index (χ3v) is 2.85. The molecule has 0 bridgehead atoms. The molecular weight excluding hydrogens is 210 g/mol. The highest BCUT2D eigenvalue weighted by molar-refractivity contribution is 7.90. The maximum absolute atomic E-state index is 11.1. The lowest BCUT2D eigenvalue weighted by Gasteiger charge is -1.94. The Morgan fingerprint density at radius 3 is 2.21 bits per heavy atom. The monoisotopic (exact) mass is 219 g/mol. The summed E-state index contributed by atoms with van der Waals surface area (Å²) in [5, 5.41) is 10.2. The van der Waals surface area contributed by atoms with Crippen molar-refractivity contribution in [3.05, 3.63) is 15.8 Å². The van der Waals surface area contributed by atoms with E-state index < -0.39 is 20.6 Å². The molecule has 0 atom stereocenters. The molecule has 7 nitrogen and oxygen atoms in total. The Labute approximate surface area is 80.4 Å². The minimum absolute atomic E-state index is 0.218. The molecule has 8 heteroatoms. The van der Waals surface area contributed by atoms with E-state index in [1.54, 1.807) is 0 Å². The first-order valence-electron chi connectivity index (χ1n) is 3.63. The number of nitrogens with zero attached hydrogens (tertiary/aromatic N) is 3. The van der Waals surface area contributed by atoms with Crippen LogP contribution in [0.25, 0.3) is 0 Å². The van der Waals surface area contributed by atoms with Gasteiger partial charge in [-0.3, -0.25) is 4.57 Å². The second-order valence-electron chi connectivity index (χ2n) is 2.89. The zero-order valence-corrected chi connectivity index (χ0v) is 8.70. The lowest BCUT2D eigenvalue weighted by atomic mass is 10.5. The maximum Gasteiger partial charge on any atom is 0.386 e. The zero-order chi connectivity index (χ0) is 11.1. The van der Waals surface area contributed by atoms with E-state index in [-0.39, 0.29) is 10.9 Å². The summed E-state index contributed by atoms with van der Waals surface area (Å²) in [6.07, 6.45) is 0.957. The predicted octanol–water partition coefficient (Wildman–Crippen LogP) is 0.0402. The van der Waals surface area contributed by atoms with Crippen LogP contribution in [0.4, 0.5) is 5.82 Å². The Morgan fingerprint density at radius 1 is 1.50 bits per heavy atom. The van der Waals surface area contributed by atoms with Gasteiger partial charge in [-0.1, -0.05) is 0 Å². The Kier molecular flexibility index (Phi) is 2.32. The van der Waals surface area contributed by atoms with Crippen LogP contribution in [0.15, 0.2) is 5.16 Å². The smallest absolute Gasteiger partial charge is 0.358 e. The predicted molar refractivity (Wildman–Crippen MR) is 47.7 cm³/mol. The summed E-state index contributed by atoms with van der Waals surface area (Å²) >= 11 is 0. The number of nitro groups is 1. The molecule has 0 aliphatic rings. The van der Waals surface area contributed by atoms with Gasteiger partial charge in [0.15, 0.2) is 0 Å². The van der Waals surface area contributed by atoms with Crippen LogP contribution in [0.2, 0.25) is 0 Å². The molecule has 0 saturated heterocycles. The van der Waals surface area contributed by atoms with E-state index in [9.17, 15) is 18.5 Å². The summed E-state index contributed by atoms with van der Waals surface area (Å²) in [6, 6.07) is 0. The minimum atomic E-state index is -3.52. The summed E-state index contributed by atoms with van der Waals surface area (Å²) in [5.74, 6) is -0.423. The first-order valence-corrected chi connectivity index (χ1v) is 5.52. The van der Waals surface area contributed by atoms with Crippen molar-refractivity contribution in [2.75, 3.05) is 6.26 Å². The van der Waals surface area contributed by atoms with Gasteiger partial charge in [0, 0.05) is 13.3 Å². The minimum Gasteiger partial charge on any atom is -0.358 e. The van der Waals surface area contributed by atoms with Crippen molar-refractivity contribution >= 4 is 15.7 Å². The van der Waals surface area contributed by atoms with Gasteiger partial charge < -0.3 is 10.1 Å². The molecule has 78 valence electrons. The molecule has 1 aromatic rings. The van der Waals surface area contributed by atoms with E-state index >= 15 is 0 Å².